The van der Waals surface area contributed by atoms with E-state index in [0.717, 1.165) is 6.54 Å². The van der Waals surface area contributed by atoms with E-state index in [4.69, 9.17) is 23.9 Å². The van der Waals surface area contributed by atoms with E-state index >= 15 is 0 Å². The number of Topliss-reactive ketones (excluding diaryl/α,β-unsaturated/α-hetero) is 2. The average molecular weight is 889 g/mol. The van der Waals surface area contributed by atoms with Gasteiger partial charge in [-0.3, -0.25) is 33.9 Å². The van der Waals surface area contributed by atoms with Crippen molar-refractivity contribution >= 4 is 35.1 Å². The minimum absolute atomic E-state index is 0.0129. The number of ketones is 2. The highest BCUT2D eigenvalue weighted by Gasteiger charge is 2.57. The summed E-state index contributed by atoms with van der Waals surface area (Å²) in [5, 5.41) is 37.7. The summed E-state index contributed by atoms with van der Waals surface area (Å²) < 4.78 is 24.0. The molecule has 0 unspecified atom stereocenters. The molecular formula is C48H64N4O12. The molecule has 16 heteroatoms. The molecule has 4 heterocycles. The van der Waals surface area contributed by atoms with Gasteiger partial charge in [0.2, 0.25) is 11.7 Å². The molecule has 4 aliphatic heterocycles. The smallest absolute Gasteiger partial charge is 0.312 e. The summed E-state index contributed by atoms with van der Waals surface area (Å²) in [6.45, 7) is 20.2. The van der Waals surface area contributed by atoms with Gasteiger partial charge in [0.05, 0.1) is 47.1 Å². The molecule has 2 amide bonds. The monoisotopic (exact) mass is 888 g/mol. The second-order valence-corrected chi connectivity index (χ2v) is 18.7. The molecule has 1 aromatic rings. The van der Waals surface area contributed by atoms with Crippen molar-refractivity contribution in [3.8, 4) is 11.5 Å². The predicted molar refractivity (Wildman–Crippen MR) is 236 cm³/mol. The molecule has 1 spiro atoms. The second-order valence-electron chi connectivity index (χ2n) is 18.7. The van der Waals surface area contributed by atoms with E-state index in [0.29, 0.717) is 31.8 Å². The van der Waals surface area contributed by atoms with Gasteiger partial charge in [-0.25, -0.2) is 0 Å². The highest BCUT2D eigenvalue weighted by Crippen LogP contribution is 2.52. The quantitative estimate of drug-likeness (QED) is 0.298. The molecule has 16 nitrogen and oxygen atoms in total. The van der Waals surface area contributed by atoms with Crippen LogP contribution in [-0.4, -0.2) is 123 Å². The minimum atomic E-state index is -2.04. The van der Waals surface area contributed by atoms with Crippen LogP contribution in [0.4, 0.5) is 0 Å². The van der Waals surface area contributed by atoms with Crippen LogP contribution in [0.2, 0.25) is 0 Å². The highest BCUT2D eigenvalue weighted by atomic mass is 16.7. The summed E-state index contributed by atoms with van der Waals surface area (Å²) in [6, 6.07) is 0. The summed E-state index contributed by atoms with van der Waals surface area (Å²) in [5.74, 6) is -7.96. The Morgan fingerprint density at radius 2 is 1.62 bits per heavy atom. The zero-order valence-corrected chi connectivity index (χ0v) is 39.0. The van der Waals surface area contributed by atoms with Gasteiger partial charge in [0, 0.05) is 101 Å². The van der Waals surface area contributed by atoms with Gasteiger partial charge in [0.1, 0.15) is 29.0 Å². The Labute approximate surface area is 375 Å². The number of phenolic OH excluding ortho intramolecular Hbond substituents is 1. The first-order chi connectivity index (χ1) is 30.0. The zero-order chi connectivity index (χ0) is 47.3. The Morgan fingerprint density at radius 3 is 2.22 bits per heavy atom. The third-order valence-corrected chi connectivity index (χ3v) is 13.5. The van der Waals surface area contributed by atoms with Crippen LogP contribution in [0, 0.1) is 36.5 Å². The van der Waals surface area contributed by atoms with Crippen LogP contribution in [-0.2, 0) is 28.6 Å². The molecule has 5 bridgehead atoms. The molecule has 0 saturated carbocycles. The largest absolute Gasteiger partial charge is 0.507 e. The number of rotatable bonds is 4. The van der Waals surface area contributed by atoms with Gasteiger partial charge in [0.15, 0.2) is 0 Å². The first-order valence-electron chi connectivity index (χ1n) is 22.1. The molecule has 4 N–H and O–H groups in total. The number of aromatic hydroxyl groups is 1. The number of nitrogens with one attached hydrogen (secondary N) is 1. The highest BCUT2D eigenvalue weighted by molar-refractivity contribution is 6.35. The van der Waals surface area contributed by atoms with E-state index in [2.05, 4.69) is 24.1 Å². The zero-order valence-electron chi connectivity index (χ0n) is 39.0. The number of esters is 1. The first-order valence-corrected chi connectivity index (χ1v) is 22.1. The molecule has 5 aliphatic rings. The maximum Gasteiger partial charge on any atom is 0.312 e. The van der Waals surface area contributed by atoms with Crippen LogP contribution in [0.15, 0.2) is 52.5 Å². The van der Waals surface area contributed by atoms with Crippen molar-refractivity contribution in [3.63, 3.8) is 0 Å². The van der Waals surface area contributed by atoms with Gasteiger partial charge >= 0.3 is 11.8 Å². The van der Waals surface area contributed by atoms with E-state index < -0.39 is 94.6 Å². The standard InChI is InChI=1S/C48H64N4O12/c1-23(2)22-51-19-17-48(18-20-51)50-36-33-34-41(57)29(8)44-35(33)45(59)47(11,64-44)62-21-16-32(61-12)26(5)43(63-31(10)54)28(7)40(56)27(6)39(55)24(3)14-13-15-25(4)46(60)49-37(42(34)58)38(36)52(48)30(9)53/h13-16,21,23-24,26-28,32,39-40,43,55-57H,17-20,22H2,1-12H3,(H,49,60)/b14-13-,21-16-,25-15+/t24-,26-,27+,28+,32-,39-,40+,43-,47-/m0/s1. The average Bonchev–Trinajstić information content (AvgIpc) is 3.71. The molecule has 64 heavy (non-hydrogen) atoms. The van der Waals surface area contributed by atoms with Gasteiger partial charge in [-0.15, -0.1) is 0 Å². The number of carbonyl (C=O) groups is 5. The van der Waals surface area contributed by atoms with Crippen molar-refractivity contribution in [3.05, 3.63) is 69.8 Å². The molecule has 1 aliphatic carbocycles. The number of hydrogen-bond donors (Lipinski definition) is 4. The van der Waals surface area contributed by atoms with Gasteiger partial charge in [-0.05, 0) is 25.8 Å². The fraction of sp³-hybridized carbons (Fsp3) is 0.583. The molecule has 0 aromatic heterocycles. The Kier molecular flexibility index (Phi) is 13.9. The number of fused-ring (bicyclic) bond motifs is 3. The number of nitrogens with zero attached hydrogens (tertiary/aromatic N) is 3. The van der Waals surface area contributed by atoms with Gasteiger partial charge in [-0.1, -0.05) is 59.8 Å². The van der Waals surface area contributed by atoms with Gasteiger partial charge < -0.3 is 44.5 Å². The predicted octanol–water partition coefficient (Wildman–Crippen LogP) is 4.87. The normalized spacial score (nSPS) is 32.9. The summed E-state index contributed by atoms with van der Waals surface area (Å²) in [5.41, 5.74) is -1.54. The van der Waals surface area contributed by atoms with E-state index in [9.17, 15) is 39.3 Å². The molecule has 6 rings (SSSR count). The van der Waals surface area contributed by atoms with E-state index in [1.54, 1.807) is 39.8 Å². The lowest BCUT2D eigenvalue weighted by atomic mass is 9.78. The summed E-state index contributed by atoms with van der Waals surface area (Å²) in [6.07, 6.45) is 4.37. The molecule has 9 atom stereocenters. The lowest BCUT2D eigenvalue weighted by Gasteiger charge is -2.43. The number of aliphatic hydroxyl groups excluding tert-OH is 2. The molecule has 1 fully saturated rings. The molecule has 1 aromatic carbocycles. The van der Waals surface area contributed by atoms with Crippen molar-refractivity contribution in [1.82, 2.24) is 15.1 Å². The fourth-order valence-electron chi connectivity index (χ4n) is 9.88. The fourth-order valence-corrected chi connectivity index (χ4v) is 9.88. The first kappa shape index (κ1) is 48.3. The number of hydrogen-bond acceptors (Lipinski definition) is 14. The third kappa shape index (κ3) is 8.57. The second kappa shape index (κ2) is 18.4. The lowest BCUT2D eigenvalue weighted by Crippen LogP contribution is -2.54. The van der Waals surface area contributed by atoms with Crippen molar-refractivity contribution in [1.29, 1.82) is 0 Å². The maximum atomic E-state index is 15.0. The number of allylic oxidation sites excluding steroid dienone is 4. The SMILES string of the molecule is CO[C@H]1/C=C\O[C@@]2(C)Oc3c(C)c(O)c4c(c3C2=O)C2=NC3(CCN(CC(C)C)CC3)N(C(C)=O)C2=C(NC(=O)/C(C)=C/C=C\[C@H](C)[C@H](O)[C@@H](C)[C@@H](O)[C@@H](C)[C@@H](OC(C)=O)[C@H]1C)C4=O. The van der Waals surface area contributed by atoms with Crippen molar-refractivity contribution < 1.29 is 58.2 Å². The van der Waals surface area contributed by atoms with Crippen LogP contribution < -0.4 is 10.1 Å². The Morgan fingerprint density at radius 1 is 0.969 bits per heavy atom. The number of aliphatic imine (C=N–C) groups is 1. The molecule has 0 radical (unpaired) electrons. The Balaban J connectivity index is 1.55. The molecular weight excluding hydrogens is 825 g/mol. The number of phenols is 1. The number of piperidine rings is 1. The Bertz CT molecular complexity index is 2250. The number of methoxy groups -OCH3 is 1. The number of carbonyl (C=O) groups excluding carboxylic acids is 5. The van der Waals surface area contributed by atoms with Crippen LogP contribution in [0.1, 0.15) is 114 Å². The number of amides is 2. The topological polar surface area (TPSA) is 214 Å². The summed E-state index contributed by atoms with van der Waals surface area (Å²) in [7, 11) is 1.45. The summed E-state index contributed by atoms with van der Waals surface area (Å²) in [4.78, 5) is 79.3. The maximum absolute atomic E-state index is 15.0. The van der Waals surface area contributed by atoms with Crippen molar-refractivity contribution in [2.75, 3.05) is 26.7 Å². The number of ether oxygens (including phenoxy) is 4. The lowest BCUT2D eigenvalue weighted by molar-refractivity contribution is -0.160. The molecule has 1 saturated heterocycles. The van der Waals surface area contributed by atoms with E-state index in [-0.39, 0.29) is 50.7 Å². The van der Waals surface area contributed by atoms with Crippen molar-refractivity contribution in [2.45, 2.75) is 125 Å². The third-order valence-electron chi connectivity index (χ3n) is 13.5. The molecule has 348 valence electrons. The summed E-state index contributed by atoms with van der Waals surface area (Å²) >= 11 is 0. The van der Waals surface area contributed by atoms with E-state index in [1.807, 2.05) is 0 Å². The Hall–Kier alpha value is -5.16. The van der Waals surface area contributed by atoms with E-state index in [1.165, 1.54) is 65.0 Å². The van der Waals surface area contributed by atoms with Crippen LogP contribution >= 0.6 is 0 Å². The number of likely N-dealkylation sites (tertiary alicyclic amines) is 1. The number of aliphatic hydroxyl groups is 2. The van der Waals surface area contributed by atoms with Crippen LogP contribution in [0.3, 0.4) is 0 Å². The number of benzene rings is 1. The van der Waals surface area contributed by atoms with Crippen molar-refractivity contribution in [2.24, 2.45) is 34.6 Å². The minimum Gasteiger partial charge on any atom is -0.507 e. The van der Waals surface area contributed by atoms with Gasteiger partial charge in [-0.2, -0.15) is 0 Å². The van der Waals surface area contributed by atoms with Crippen LogP contribution in [0.5, 0.6) is 11.5 Å². The van der Waals surface area contributed by atoms with Crippen LogP contribution in [0.25, 0.3) is 0 Å². The van der Waals surface area contributed by atoms with Gasteiger partial charge in [0.25, 0.3) is 11.7 Å².